The molecule has 84 valence electrons. The Morgan fingerprint density at radius 3 is 2.93 bits per heavy atom. The summed E-state index contributed by atoms with van der Waals surface area (Å²) in [5.74, 6) is 1.34. The van der Waals surface area contributed by atoms with Gasteiger partial charge in [0.05, 0.1) is 6.10 Å². The van der Waals surface area contributed by atoms with Crippen LogP contribution in [0.4, 0.5) is 0 Å². The smallest absolute Gasteiger partial charge is 0.226 e. The molecule has 0 atom stereocenters. The Bertz CT molecular complexity index is 295. The number of aryl methyl sites for hydroxylation is 1. The number of aromatic nitrogens is 2. The van der Waals surface area contributed by atoms with Crippen LogP contribution >= 0.6 is 0 Å². The lowest BCUT2D eigenvalue weighted by molar-refractivity contribution is 0.0170. The average Bonchev–Trinajstić information content (AvgIpc) is 2.76. The highest BCUT2D eigenvalue weighted by molar-refractivity contribution is 4.84. The van der Waals surface area contributed by atoms with Gasteiger partial charge in [-0.2, -0.15) is 4.98 Å². The van der Waals surface area contributed by atoms with Crippen LogP contribution in [0.15, 0.2) is 4.52 Å². The number of hydrogen-bond donors (Lipinski definition) is 1. The maximum absolute atomic E-state index is 5.70. The van der Waals surface area contributed by atoms with Crippen molar-refractivity contribution in [2.24, 2.45) is 0 Å². The Hall–Kier alpha value is -0.940. The van der Waals surface area contributed by atoms with E-state index in [4.69, 9.17) is 9.26 Å². The predicted molar refractivity (Wildman–Crippen MR) is 54.4 cm³/mol. The second-order valence-corrected chi connectivity index (χ2v) is 3.72. The molecule has 1 fully saturated rings. The fourth-order valence-corrected chi connectivity index (χ4v) is 1.65. The fourth-order valence-electron chi connectivity index (χ4n) is 1.65. The highest BCUT2D eigenvalue weighted by Gasteiger charge is 2.14. The lowest BCUT2D eigenvalue weighted by Gasteiger charge is -2.22. The molecule has 1 N–H and O–H groups in total. The largest absolute Gasteiger partial charge is 0.370 e. The van der Waals surface area contributed by atoms with Gasteiger partial charge in [-0.3, -0.25) is 0 Å². The Kier molecular flexibility index (Phi) is 3.69. The van der Waals surface area contributed by atoms with Crippen LogP contribution in [0.3, 0.4) is 0 Å². The summed E-state index contributed by atoms with van der Waals surface area (Å²) in [4.78, 5) is 4.19. The monoisotopic (exact) mass is 211 g/mol. The van der Waals surface area contributed by atoms with Gasteiger partial charge in [-0.1, -0.05) is 12.1 Å². The Morgan fingerprint density at radius 2 is 2.27 bits per heavy atom. The molecule has 5 heteroatoms. The summed E-state index contributed by atoms with van der Waals surface area (Å²) in [6.45, 7) is 4.54. The lowest BCUT2D eigenvalue weighted by atomic mass is 10.1. The maximum Gasteiger partial charge on any atom is 0.226 e. The Labute approximate surface area is 89.2 Å². The molecule has 5 nitrogen and oxygen atoms in total. The average molecular weight is 211 g/mol. The second-order valence-electron chi connectivity index (χ2n) is 3.72. The highest BCUT2D eigenvalue weighted by atomic mass is 16.5. The summed E-state index contributed by atoms with van der Waals surface area (Å²) in [5.41, 5.74) is 0. The molecular formula is C10H17N3O2. The maximum atomic E-state index is 5.70. The second kappa shape index (κ2) is 5.23. The van der Waals surface area contributed by atoms with E-state index in [0.29, 0.717) is 24.4 Å². The molecule has 2 rings (SSSR count). The van der Waals surface area contributed by atoms with Crippen molar-refractivity contribution in [2.45, 2.75) is 38.9 Å². The van der Waals surface area contributed by atoms with E-state index in [2.05, 4.69) is 15.5 Å². The number of piperidine rings is 1. The van der Waals surface area contributed by atoms with Crippen LogP contribution in [-0.4, -0.2) is 29.3 Å². The van der Waals surface area contributed by atoms with E-state index in [-0.39, 0.29) is 0 Å². The molecule has 1 aromatic heterocycles. The molecule has 0 spiro atoms. The number of hydrogen-bond acceptors (Lipinski definition) is 5. The standard InChI is InChI=1S/C10H17N3O2/c1-2-10-12-9(13-15-10)7-14-8-3-5-11-6-4-8/h8,11H,2-7H2,1H3. The van der Waals surface area contributed by atoms with Crippen LogP contribution in [0, 0.1) is 0 Å². The predicted octanol–water partition coefficient (Wildman–Crippen LogP) is 0.901. The van der Waals surface area contributed by atoms with Gasteiger partial charge in [0.2, 0.25) is 5.89 Å². The van der Waals surface area contributed by atoms with E-state index < -0.39 is 0 Å². The van der Waals surface area contributed by atoms with Crippen molar-refractivity contribution in [1.29, 1.82) is 0 Å². The van der Waals surface area contributed by atoms with Crippen LogP contribution in [0.2, 0.25) is 0 Å². The first kappa shape index (κ1) is 10.6. The van der Waals surface area contributed by atoms with Gasteiger partial charge in [0, 0.05) is 6.42 Å². The van der Waals surface area contributed by atoms with E-state index >= 15 is 0 Å². The van der Waals surface area contributed by atoms with Gasteiger partial charge in [0.1, 0.15) is 6.61 Å². The normalized spacial score (nSPS) is 18.2. The summed E-state index contributed by atoms with van der Waals surface area (Å²) in [6, 6.07) is 0. The minimum absolute atomic E-state index is 0.342. The van der Waals surface area contributed by atoms with E-state index in [0.717, 1.165) is 32.4 Å². The summed E-state index contributed by atoms with van der Waals surface area (Å²) in [5, 5.41) is 7.14. The highest BCUT2D eigenvalue weighted by Crippen LogP contribution is 2.09. The van der Waals surface area contributed by atoms with Crippen LogP contribution in [0.5, 0.6) is 0 Å². The first-order valence-corrected chi connectivity index (χ1v) is 5.52. The van der Waals surface area contributed by atoms with Gasteiger partial charge in [0.15, 0.2) is 5.82 Å². The molecular weight excluding hydrogens is 194 g/mol. The van der Waals surface area contributed by atoms with Crippen molar-refractivity contribution >= 4 is 0 Å². The quantitative estimate of drug-likeness (QED) is 0.801. The molecule has 1 saturated heterocycles. The zero-order valence-electron chi connectivity index (χ0n) is 9.03. The molecule has 0 amide bonds. The molecule has 0 radical (unpaired) electrons. The first-order chi connectivity index (χ1) is 7.38. The number of nitrogens with one attached hydrogen (secondary N) is 1. The molecule has 1 aliphatic rings. The summed E-state index contributed by atoms with van der Waals surface area (Å²) < 4.78 is 10.7. The van der Waals surface area contributed by atoms with Gasteiger partial charge >= 0.3 is 0 Å². The van der Waals surface area contributed by atoms with Gasteiger partial charge in [-0.15, -0.1) is 0 Å². The van der Waals surface area contributed by atoms with Crippen molar-refractivity contribution in [2.75, 3.05) is 13.1 Å². The third-order valence-electron chi connectivity index (χ3n) is 2.55. The number of ether oxygens (including phenoxy) is 1. The minimum atomic E-state index is 0.342. The lowest BCUT2D eigenvalue weighted by Crippen LogP contribution is -2.32. The molecule has 15 heavy (non-hydrogen) atoms. The SMILES string of the molecule is CCc1nc(COC2CCNCC2)no1. The number of nitrogens with zero attached hydrogens (tertiary/aromatic N) is 2. The molecule has 1 aliphatic heterocycles. The first-order valence-electron chi connectivity index (χ1n) is 5.52. The van der Waals surface area contributed by atoms with E-state index in [9.17, 15) is 0 Å². The molecule has 0 aliphatic carbocycles. The summed E-state index contributed by atoms with van der Waals surface area (Å²) in [7, 11) is 0. The number of rotatable bonds is 4. The van der Waals surface area contributed by atoms with E-state index in [1.165, 1.54) is 0 Å². The van der Waals surface area contributed by atoms with Crippen molar-refractivity contribution in [3.8, 4) is 0 Å². The van der Waals surface area contributed by atoms with Crippen LogP contribution in [-0.2, 0) is 17.8 Å². The van der Waals surface area contributed by atoms with Crippen LogP contribution in [0.1, 0.15) is 31.5 Å². The van der Waals surface area contributed by atoms with Crippen molar-refractivity contribution in [3.05, 3.63) is 11.7 Å². The zero-order valence-corrected chi connectivity index (χ0v) is 9.03. The van der Waals surface area contributed by atoms with Crippen molar-refractivity contribution in [3.63, 3.8) is 0 Å². The molecule has 0 unspecified atom stereocenters. The third kappa shape index (κ3) is 3.00. The molecule has 0 bridgehead atoms. The van der Waals surface area contributed by atoms with Crippen molar-refractivity contribution < 1.29 is 9.26 Å². The summed E-state index contributed by atoms with van der Waals surface area (Å²) >= 11 is 0. The van der Waals surface area contributed by atoms with Gasteiger partial charge in [0.25, 0.3) is 0 Å². The Morgan fingerprint density at radius 1 is 1.47 bits per heavy atom. The van der Waals surface area contributed by atoms with Crippen LogP contribution < -0.4 is 5.32 Å². The fraction of sp³-hybridized carbons (Fsp3) is 0.800. The van der Waals surface area contributed by atoms with Crippen molar-refractivity contribution in [1.82, 2.24) is 15.5 Å². The van der Waals surface area contributed by atoms with Gasteiger partial charge in [-0.05, 0) is 25.9 Å². The molecule has 0 saturated carbocycles. The van der Waals surface area contributed by atoms with Crippen LogP contribution in [0.25, 0.3) is 0 Å². The molecule has 0 aromatic carbocycles. The molecule has 2 heterocycles. The topological polar surface area (TPSA) is 60.2 Å². The van der Waals surface area contributed by atoms with E-state index in [1.807, 2.05) is 6.92 Å². The Balaban J connectivity index is 1.76. The summed E-state index contributed by atoms with van der Waals surface area (Å²) in [6.07, 6.45) is 3.26. The van der Waals surface area contributed by atoms with Gasteiger partial charge in [-0.25, -0.2) is 0 Å². The van der Waals surface area contributed by atoms with E-state index in [1.54, 1.807) is 0 Å². The van der Waals surface area contributed by atoms with Gasteiger partial charge < -0.3 is 14.6 Å². The molecule has 1 aromatic rings. The third-order valence-corrected chi connectivity index (χ3v) is 2.55. The minimum Gasteiger partial charge on any atom is -0.370 e. The zero-order chi connectivity index (χ0) is 10.5.